The second-order valence-electron chi connectivity index (χ2n) is 6.64. The standard InChI is InChI=1S/C21H17FN4O3/c1-10-7-13-14(24-10)5-6-15(17(13)22)26-9-12(8-23)16-11(2)19(28-3)20(29-4)25-18(16)21(26)27/h5-7,9,24H,1-4H3. The molecule has 0 unspecified atom stereocenters. The van der Waals surface area contributed by atoms with Crippen molar-refractivity contribution < 1.29 is 13.9 Å². The first-order valence-corrected chi connectivity index (χ1v) is 8.77. The Kier molecular flexibility index (Phi) is 4.23. The van der Waals surface area contributed by atoms with Crippen LogP contribution in [0.5, 0.6) is 11.6 Å². The van der Waals surface area contributed by atoms with Gasteiger partial charge in [-0.1, -0.05) is 0 Å². The average molecular weight is 392 g/mol. The Labute approximate surface area is 164 Å². The molecule has 0 amide bonds. The average Bonchev–Trinajstić information content (AvgIpc) is 3.10. The van der Waals surface area contributed by atoms with Gasteiger partial charge in [0.2, 0.25) is 0 Å². The molecule has 0 spiro atoms. The highest BCUT2D eigenvalue weighted by Crippen LogP contribution is 2.35. The van der Waals surface area contributed by atoms with Crippen molar-refractivity contribution in [2.24, 2.45) is 0 Å². The van der Waals surface area contributed by atoms with Crippen LogP contribution in [0.1, 0.15) is 16.8 Å². The molecule has 3 heterocycles. The van der Waals surface area contributed by atoms with Crippen molar-refractivity contribution in [1.82, 2.24) is 14.5 Å². The quantitative estimate of drug-likeness (QED) is 0.576. The van der Waals surface area contributed by atoms with E-state index in [9.17, 15) is 10.1 Å². The van der Waals surface area contributed by atoms with E-state index in [-0.39, 0.29) is 22.6 Å². The number of benzene rings is 1. The van der Waals surface area contributed by atoms with Crippen molar-refractivity contribution in [1.29, 1.82) is 5.26 Å². The Morgan fingerprint density at radius 1 is 1.24 bits per heavy atom. The van der Waals surface area contributed by atoms with Gasteiger partial charge < -0.3 is 14.5 Å². The number of H-pyrrole nitrogens is 1. The van der Waals surface area contributed by atoms with E-state index in [4.69, 9.17) is 9.47 Å². The number of nitrogens with one attached hydrogen (secondary N) is 1. The molecule has 0 radical (unpaired) electrons. The normalized spacial score (nSPS) is 11.0. The maximum absolute atomic E-state index is 15.2. The largest absolute Gasteiger partial charge is 0.491 e. The molecular formula is C21H17FN4O3. The zero-order valence-corrected chi connectivity index (χ0v) is 16.3. The fourth-order valence-electron chi connectivity index (χ4n) is 3.64. The topological polar surface area (TPSA) is 92.9 Å². The van der Waals surface area contributed by atoms with E-state index in [0.29, 0.717) is 27.6 Å². The molecule has 0 saturated carbocycles. The molecule has 0 aliphatic carbocycles. The highest BCUT2D eigenvalue weighted by Gasteiger charge is 2.22. The minimum atomic E-state index is -0.562. The summed E-state index contributed by atoms with van der Waals surface area (Å²) >= 11 is 0. The van der Waals surface area contributed by atoms with E-state index in [1.165, 1.54) is 26.5 Å². The molecule has 1 aromatic carbocycles. The third kappa shape index (κ3) is 2.63. The van der Waals surface area contributed by atoms with Crippen LogP contribution in [0, 0.1) is 31.0 Å². The van der Waals surface area contributed by atoms with Gasteiger partial charge in [-0.15, -0.1) is 0 Å². The predicted molar refractivity (Wildman–Crippen MR) is 106 cm³/mol. The van der Waals surface area contributed by atoms with Gasteiger partial charge in [0.25, 0.3) is 11.4 Å². The molecule has 29 heavy (non-hydrogen) atoms. The number of aromatic amines is 1. The predicted octanol–water partition coefficient (Wildman–Crippen LogP) is 3.51. The van der Waals surface area contributed by atoms with Crippen molar-refractivity contribution >= 4 is 21.8 Å². The summed E-state index contributed by atoms with van der Waals surface area (Å²) in [5.74, 6) is -0.105. The van der Waals surface area contributed by atoms with E-state index in [2.05, 4.69) is 16.0 Å². The second kappa shape index (κ2) is 6.63. The number of ether oxygens (including phenoxy) is 2. The lowest BCUT2D eigenvalue weighted by Gasteiger charge is -2.15. The summed E-state index contributed by atoms with van der Waals surface area (Å²) in [6.07, 6.45) is 1.33. The van der Waals surface area contributed by atoms with Gasteiger partial charge in [0.15, 0.2) is 11.6 Å². The summed E-state index contributed by atoms with van der Waals surface area (Å²) in [5, 5.41) is 10.4. The first kappa shape index (κ1) is 18.5. The van der Waals surface area contributed by atoms with Gasteiger partial charge in [-0.2, -0.15) is 5.26 Å². The van der Waals surface area contributed by atoms with E-state index < -0.39 is 11.4 Å². The maximum Gasteiger partial charge on any atom is 0.281 e. The number of aromatic nitrogens is 3. The molecule has 0 saturated heterocycles. The molecular weight excluding hydrogens is 375 g/mol. The fraction of sp³-hybridized carbons (Fsp3) is 0.190. The van der Waals surface area contributed by atoms with Gasteiger partial charge in [-0.3, -0.25) is 9.36 Å². The number of hydrogen-bond acceptors (Lipinski definition) is 5. The number of methoxy groups -OCH3 is 2. The lowest BCUT2D eigenvalue weighted by atomic mass is 10.1. The molecule has 146 valence electrons. The molecule has 4 aromatic rings. The molecule has 4 rings (SSSR count). The highest BCUT2D eigenvalue weighted by atomic mass is 19.1. The lowest BCUT2D eigenvalue weighted by Crippen LogP contribution is -2.21. The Morgan fingerprint density at radius 3 is 2.66 bits per heavy atom. The highest BCUT2D eigenvalue weighted by molar-refractivity contribution is 5.90. The van der Waals surface area contributed by atoms with E-state index in [0.717, 1.165) is 10.3 Å². The number of pyridine rings is 2. The summed E-state index contributed by atoms with van der Waals surface area (Å²) in [6.45, 7) is 3.53. The van der Waals surface area contributed by atoms with Gasteiger partial charge in [0, 0.05) is 33.7 Å². The van der Waals surface area contributed by atoms with Crippen LogP contribution < -0.4 is 15.0 Å². The van der Waals surface area contributed by atoms with Crippen molar-refractivity contribution in [3.63, 3.8) is 0 Å². The Bertz CT molecular complexity index is 1400. The van der Waals surface area contributed by atoms with Gasteiger partial charge in [0.05, 0.1) is 25.5 Å². The smallest absolute Gasteiger partial charge is 0.281 e. The Hall–Kier alpha value is -3.86. The number of aryl methyl sites for hydroxylation is 2. The van der Waals surface area contributed by atoms with Crippen LogP contribution in [0.4, 0.5) is 4.39 Å². The van der Waals surface area contributed by atoms with E-state index >= 15 is 4.39 Å². The van der Waals surface area contributed by atoms with Gasteiger partial charge >= 0.3 is 0 Å². The number of fused-ring (bicyclic) bond motifs is 2. The lowest BCUT2D eigenvalue weighted by molar-refractivity contribution is 0.343. The Morgan fingerprint density at radius 2 is 2.00 bits per heavy atom. The summed E-state index contributed by atoms with van der Waals surface area (Å²) in [7, 11) is 2.86. The van der Waals surface area contributed by atoms with Gasteiger partial charge in [0.1, 0.15) is 11.6 Å². The molecule has 3 aromatic heterocycles. The number of nitriles is 1. The summed E-state index contributed by atoms with van der Waals surface area (Å²) in [4.78, 5) is 20.5. The van der Waals surface area contributed by atoms with Crippen LogP contribution in [0.25, 0.3) is 27.5 Å². The monoisotopic (exact) mass is 392 g/mol. The van der Waals surface area contributed by atoms with Gasteiger partial charge in [-0.05, 0) is 32.0 Å². The third-order valence-corrected chi connectivity index (χ3v) is 4.94. The zero-order chi connectivity index (χ0) is 20.9. The van der Waals surface area contributed by atoms with Crippen molar-refractivity contribution in [2.45, 2.75) is 13.8 Å². The third-order valence-electron chi connectivity index (χ3n) is 4.94. The first-order chi connectivity index (χ1) is 13.9. The van der Waals surface area contributed by atoms with Crippen LogP contribution in [0.2, 0.25) is 0 Å². The maximum atomic E-state index is 15.2. The van der Waals surface area contributed by atoms with Crippen molar-refractivity contribution in [3.8, 4) is 23.4 Å². The van der Waals surface area contributed by atoms with Crippen LogP contribution in [-0.4, -0.2) is 28.8 Å². The SMILES string of the molecule is COc1nc2c(=O)n(-c3ccc4[nH]c(C)cc4c3F)cc(C#N)c2c(C)c1OC. The molecule has 0 bridgehead atoms. The minimum absolute atomic E-state index is 0.00365. The molecule has 8 heteroatoms. The molecule has 0 aliphatic rings. The molecule has 0 aliphatic heterocycles. The van der Waals surface area contributed by atoms with Crippen LogP contribution >= 0.6 is 0 Å². The van der Waals surface area contributed by atoms with Crippen molar-refractivity contribution in [3.05, 3.63) is 57.4 Å². The minimum Gasteiger partial charge on any atom is -0.491 e. The van der Waals surface area contributed by atoms with Crippen LogP contribution in [0.3, 0.4) is 0 Å². The molecule has 0 fully saturated rings. The van der Waals surface area contributed by atoms with E-state index in [1.54, 1.807) is 19.1 Å². The molecule has 7 nitrogen and oxygen atoms in total. The number of hydrogen-bond donors (Lipinski definition) is 1. The zero-order valence-electron chi connectivity index (χ0n) is 16.3. The summed E-state index contributed by atoms with van der Waals surface area (Å²) in [5.41, 5.74) is 1.63. The fourth-order valence-corrected chi connectivity index (χ4v) is 3.64. The summed E-state index contributed by atoms with van der Waals surface area (Å²) < 4.78 is 26.9. The molecule has 1 N–H and O–H groups in total. The number of halogens is 1. The number of nitrogens with zero attached hydrogens (tertiary/aromatic N) is 3. The molecule has 0 atom stereocenters. The number of rotatable bonds is 3. The van der Waals surface area contributed by atoms with Gasteiger partial charge in [-0.25, -0.2) is 9.37 Å². The first-order valence-electron chi connectivity index (χ1n) is 8.77. The van der Waals surface area contributed by atoms with E-state index in [1.807, 2.05) is 6.92 Å². The second-order valence-corrected chi connectivity index (χ2v) is 6.64. The van der Waals surface area contributed by atoms with Crippen LogP contribution in [-0.2, 0) is 0 Å². The van der Waals surface area contributed by atoms with Crippen LogP contribution in [0.15, 0.2) is 29.2 Å². The Balaban J connectivity index is 2.13. The summed E-state index contributed by atoms with van der Waals surface area (Å²) in [6, 6.07) is 6.93. The van der Waals surface area contributed by atoms with Crippen molar-refractivity contribution in [2.75, 3.05) is 14.2 Å².